The molecule has 128 valence electrons. The highest BCUT2D eigenvalue weighted by atomic mass is 32.2. The van der Waals surface area contributed by atoms with Crippen molar-refractivity contribution in [2.75, 3.05) is 13.2 Å². The van der Waals surface area contributed by atoms with Gasteiger partial charge in [-0.05, 0) is 43.5 Å². The van der Waals surface area contributed by atoms with Crippen molar-refractivity contribution in [3.05, 3.63) is 59.7 Å². The number of nitriles is 1. The van der Waals surface area contributed by atoms with E-state index < -0.39 is 0 Å². The molecule has 1 aliphatic heterocycles. The SMILES string of the molecule is N#Cc1ccccc1Sc1ccccc1C(=O)NCCC1CCCO1. The average Bonchev–Trinajstić information content (AvgIpc) is 3.16. The van der Waals surface area contributed by atoms with E-state index in [1.54, 1.807) is 6.07 Å². The second-order valence-corrected chi connectivity index (χ2v) is 6.97. The largest absolute Gasteiger partial charge is 0.378 e. The minimum absolute atomic E-state index is 0.0875. The van der Waals surface area contributed by atoms with Crippen molar-refractivity contribution in [2.45, 2.75) is 35.2 Å². The first-order valence-corrected chi connectivity index (χ1v) is 9.25. The van der Waals surface area contributed by atoms with E-state index >= 15 is 0 Å². The molecule has 2 aromatic rings. The maximum Gasteiger partial charge on any atom is 0.252 e. The number of nitrogens with zero attached hydrogens (tertiary/aromatic N) is 1. The van der Waals surface area contributed by atoms with Gasteiger partial charge in [-0.3, -0.25) is 4.79 Å². The third kappa shape index (κ3) is 4.62. The summed E-state index contributed by atoms with van der Waals surface area (Å²) in [6.45, 7) is 1.44. The lowest BCUT2D eigenvalue weighted by Gasteiger charge is -2.12. The van der Waals surface area contributed by atoms with Crippen LogP contribution in [-0.4, -0.2) is 25.2 Å². The van der Waals surface area contributed by atoms with Crippen LogP contribution in [0.5, 0.6) is 0 Å². The summed E-state index contributed by atoms with van der Waals surface area (Å²) >= 11 is 1.44. The van der Waals surface area contributed by atoms with Crippen LogP contribution >= 0.6 is 11.8 Å². The molecule has 0 radical (unpaired) electrons. The Morgan fingerprint density at radius 2 is 1.96 bits per heavy atom. The van der Waals surface area contributed by atoms with Gasteiger partial charge < -0.3 is 10.1 Å². The molecule has 1 saturated heterocycles. The Morgan fingerprint density at radius 3 is 2.72 bits per heavy atom. The van der Waals surface area contributed by atoms with Crippen molar-refractivity contribution in [3.63, 3.8) is 0 Å². The normalized spacial score (nSPS) is 16.4. The molecule has 0 spiro atoms. The van der Waals surface area contributed by atoms with Crippen LogP contribution in [-0.2, 0) is 4.74 Å². The number of benzene rings is 2. The van der Waals surface area contributed by atoms with Crippen LogP contribution in [0.1, 0.15) is 35.2 Å². The number of amides is 1. The molecule has 1 heterocycles. The highest BCUT2D eigenvalue weighted by Gasteiger charge is 2.17. The molecule has 5 heteroatoms. The fraction of sp³-hybridized carbons (Fsp3) is 0.300. The lowest BCUT2D eigenvalue weighted by atomic mass is 10.1. The fourth-order valence-electron chi connectivity index (χ4n) is 2.82. The Balaban J connectivity index is 1.67. The van der Waals surface area contributed by atoms with E-state index in [2.05, 4.69) is 11.4 Å². The molecule has 1 aliphatic rings. The average molecular weight is 352 g/mol. The van der Waals surface area contributed by atoms with Crippen LogP contribution < -0.4 is 5.32 Å². The fourth-order valence-corrected chi connectivity index (χ4v) is 3.85. The zero-order valence-corrected chi connectivity index (χ0v) is 14.7. The van der Waals surface area contributed by atoms with Gasteiger partial charge in [-0.2, -0.15) is 5.26 Å². The minimum atomic E-state index is -0.0875. The number of rotatable bonds is 6. The number of nitrogens with one attached hydrogen (secondary N) is 1. The van der Waals surface area contributed by atoms with E-state index in [1.807, 2.05) is 42.5 Å². The zero-order valence-electron chi connectivity index (χ0n) is 13.9. The topological polar surface area (TPSA) is 62.1 Å². The van der Waals surface area contributed by atoms with Gasteiger partial charge in [-0.25, -0.2) is 0 Å². The van der Waals surface area contributed by atoms with Crippen LogP contribution in [0.3, 0.4) is 0 Å². The van der Waals surface area contributed by atoms with Crippen molar-refractivity contribution in [1.82, 2.24) is 5.32 Å². The summed E-state index contributed by atoms with van der Waals surface area (Å²) in [6.07, 6.45) is 3.30. The van der Waals surface area contributed by atoms with Crippen molar-refractivity contribution in [2.24, 2.45) is 0 Å². The second-order valence-electron chi connectivity index (χ2n) is 5.89. The predicted octanol–water partition coefficient (Wildman–Crippen LogP) is 4.01. The van der Waals surface area contributed by atoms with E-state index in [0.717, 1.165) is 35.7 Å². The Morgan fingerprint density at radius 1 is 1.20 bits per heavy atom. The number of ether oxygens (including phenoxy) is 1. The molecule has 1 N–H and O–H groups in total. The number of carbonyl (C=O) groups is 1. The monoisotopic (exact) mass is 352 g/mol. The summed E-state index contributed by atoms with van der Waals surface area (Å²) in [6, 6.07) is 17.1. The summed E-state index contributed by atoms with van der Waals surface area (Å²) in [5.41, 5.74) is 1.24. The molecule has 0 aromatic heterocycles. The molecule has 0 aliphatic carbocycles. The molecule has 3 rings (SSSR count). The van der Waals surface area contributed by atoms with Gasteiger partial charge >= 0.3 is 0 Å². The standard InChI is InChI=1S/C20H20N2O2S/c21-14-15-6-1-3-9-18(15)25-19-10-4-2-8-17(19)20(23)22-12-11-16-7-5-13-24-16/h1-4,6,8-10,16H,5,7,11-13H2,(H,22,23). The zero-order chi connectivity index (χ0) is 17.5. The maximum atomic E-state index is 12.6. The van der Waals surface area contributed by atoms with Crippen LogP contribution in [0.2, 0.25) is 0 Å². The van der Waals surface area contributed by atoms with Gasteiger partial charge in [0.05, 0.1) is 17.2 Å². The summed E-state index contributed by atoms with van der Waals surface area (Å²) in [7, 11) is 0. The third-order valence-corrected chi connectivity index (χ3v) is 5.29. The smallest absolute Gasteiger partial charge is 0.252 e. The van der Waals surface area contributed by atoms with Gasteiger partial charge in [0.25, 0.3) is 5.91 Å². The first kappa shape index (κ1) is 17.5. The first-order valence-electron chi connectivity index (χ1n) is 8.44. The van der Waals surface area contributed by atoms with Crippen LogP contribution in [0.15, 0.2) is 58.3 Å². The molecule has 25 heavy (non-hydrogen) atoms. The first-order chi connectivity index (χ1) is 12.3. The van der Waals surface area contributed by atoms with E-state index in [-0.39, 0.29) is 12.0 Å². The van der Waals surface area contributed by atoms with Gasteiger partial charge in [-0.1, -0.05) is 36.0 Å². The Labute approximate surface area is 152 Å². The van der Waals surface area contributed by atoms with Gasteiger partial charge in [0.15, 0.2) is 0 Å². The minimum Gasteiger partial charge on any atom is -0.378 e. The molecule has 4 nitrogen and oxygen atoms in total. The van der Waals surface area contributed by atoms with Crippen molar-refractivity contribution < 1.29 is 9.53 Å². The Kier molecular flexibility index (Phi) is 6.10. The molecular formula is C20H20N2O2S. The quantitative estimate of drug-likeness (QED) is 0.853. The van der Waals surface area contributed by atoms with Gasteiger partial charge in [-0.15, -0.1) is 0 Å². The van der Waals surface area contributed by atoms with Crippen molar-refractivity contribution >= 4 is 17.7 Å². The van der Waals surface area contributed by atoms with Crippen LogP contribution in [0.25, 0.3) is 0 Å². The number of carbonyl (C=O) groups excluding carboxylic acids is 1. The Bertz CT molecular complexity index is 779. The molecule has 0 saturated carbocycles. The van der Waals surface area contributed by atoms with Crippen LogP contribution in [0.4, 0.5) is 0 Å². The van der Waals surface area contributed by atoms with Gasteiger partial charge in [0.1, 0.15) is 6.07 Å². The van der Waals surface area contributed by atoms with E-state index in [0.29, 0.717) is 17.7 Å². The summed E-state index contributed by atoms with van der Waals surface area (Å²) in [5.74, 6) is -0.0875. The highest BCUT2D eigenvalue weighted by Crippen LogP contribution is 2.32. The number of hydrogen-bond acceptors (Lipinski definition) is 4. The molecule has 1 amide bonds. The van der Waals surface area contributed by atoms with Gasteiger partial charge in [0, 0.05) is 22.9 Å². The number of hydrogen-bond donors (Lipinski definition) is 1. The molecule has 1 atom stereocenters. The molecule has 1 unspecified atom stereocenters. The third-order valence-electron chi connectivity index (χ3n) is 4.13. The van der Waals surface area contributed by atoms with E-state index in [9.17, 15) is 10.1 Å². The maximum absolute atomic E-state index is 12.6. The molecular weight excluding hydrogens is 332 g/mol. The van der Waals surface area contributed by atoms with Crippen LogP contribution in [0, 0.1) is 11.3 Å². The van der Waals surface area contributed by atoms with Gasteiger partial charge in [0.2, 0.25) is 0 Å². The molecule has 2 aromatic carbocycles. The lowest BCUT2D eigenvalue weighted by molar-refractivity contribution is 0.0905. The molecule has 1 fully saturated rings. The van der Waals surface area contributed by atoms with E-state index in [1.165, 1.54) is 11.8 Å². The summed E-state index contributed by atoms with van der Waals surface area (Å²) < 4.78 is 5.58. The molecule has 0 bridgehead atoms. The Hall–Kier alpha value is -2.29. The van der Waals surface area contributed by atoms with Crippen molar-refractivity contribution in [3.8, 4) is 6.07 Å². The summed E-state index contributed by atoms with van der Waals surface area (Å²) in [4.78, 5) is 14.3. The lowest BCUT2D eigenvalue weighted by Crippen LogP contribution is -2.27. The predicted molar refractivity (Wildman–Crippen MR) is 97.6 cm³/mol. The highest BCUT2D eigenvalue weighted by molar-refractivity contribution is 7.99. The van der Waals surface area contributed by atoms with E-state index in [4.69, 9.17) is 4.74 Å². The van der Waals surface area contributed by atoms with Crippen molar-refractivity contribution in [1.29, 1.82) is 5.26 Å². The summed E-state index contributed by atoms with van der Waals surface area (Å²) in [5, 5.41) is 12.2. The second kappa shape index (κ2) is 8.70.